The fourth-order valence-electron chi connectivity index (χ4n) is 4.02. The molecule has 0 spiro atoms. The molecule has 1 aromatic carbocycles. The van der Waals surface area contributed by atoms with Gasteiger partial charge in [-0.05, 0) is 42.3 Å². The number of fused-ring (bicyclic) bond motifs is 4. The van der Waals surface area contributed by atoms with Gasteiger partial charge in [0.1, 0.15) is 0 Å². The third-order valence-corrected chi connectivity index (χ3v) is 5.58. The molecule has 27 heavy (non-hydrogen) atoms. The first-order chi connectivity index (χ1) is 13.1. The zero-order chi connectivity index (χ0) is 18.8. The molecule has 1 fully saturated rings. The number of piperidine rings is 1. The average Bonchev–Trinajstić information content (AvgIpc) is 2.68. The maximum Gasteiger partial charge on any atom is 0.250 e. The van der Waals surface area contributed by atoms with E-state index in [2.05, 4.69) is 10.2 Å². The lowest BCUT2D eigenvalue weighted by Gasteiger charge is -2.43. The molecule has 0 unspecified atom stereocenters. The van der Waals surface area contributed by atoms with Crippen LogP contribution in [-0.2, 0) is 11.3 Å². The van der Waals surface area contributed by atoms with Crippen molar-refractivity contribution in [3.8, 4) is 0 Å². The highest BCUT2D eigenvalue weighted by Gasteiger charge is 2.35. The van der Waals surface area contributed by atoms with E-state index >= 15 is 0 Å². The van der Waals surface area contributed by atoms with Gasteiger partial charge >= 0.3 is 0 Å². The van der Waals surface area contributed by atoms with E-state index in [0.29, 0.717) is 17.6 Å². The van der Waals surface area contributed by atoms with Gasteiger partial charge < -0.3 is 9.47 Å². The van der Waals surface area contributed by atoms with Crippen LogP contribution in [0.25, 0.3) is 6.08 Å². The highest BCUT2D eigenvalue weighted by molar-refractivity contribution is 7.80. The topological polar surface area (TPSA) is 54.3 Å². The van der Waals surface area contributed by atoms with Crippen molar-refractivity contribution in [3.05, 3.63) is 76.2 Å². The summed E-state index contributed by atoms with van der Waals surface area (Å²) in [7, 11) is 0. The number of hydrogen-bond donors (Lipinski definition) is 1. The summed E-state index contributed by atoms with van der Waals surface area (Å²) < 4.78 is 1.89. The number of aromatic nitrogens is 1. The summed E-state index contributed by atoms with van der Waals surface area (Å²) in [6, 6.07) is 15.1. The smallest absolute Gasteiger partial charge is 0.250 e. The Morgan fingerprint density at radius 3 is 2.70 bits per heavy atom. The van der Waals surface area contributed by atoms with Gasteiger partial charge in [-0.2, -0.15) is 0 Å². The SMILES string of the molecule is O=C(/C=C/c1ccccc1)NC(=S)N1C[C@@H]2C[C@H](C1)c1cccc(=O)n1C2. The fourth-order valence-corrected chi connectivity index (χ4v) is 4.27. The van der Waals surface area contributed by atoms with Gasteiger partial charge in [0.15, 0.2) is 5.11 Å². The molecule has 1 N–H and O–H groups in total. The highest BCUT2D eigenvalue weighted by atomic mass is 32.1. The van der Waals surface area contributed by atoms with Crippen molar-refractivity contribution in [2.75, 3.05) is 13.1 Å². The first-order valence-electron chi connectivity index (χ1n) is 9.13. The molecule has 4 rings (SSSR count). The molecule has 138 valence electrons. The van der Waals surface area contributed by atoms with E-state index in [9.17, 15) is 9.59 Å². The molecule has 3 heterocycles. The molecule has 0 saturated carbocycles. The molecule has 2 aromatic rings. The third-order valence-electron chi connectivity index (χ3n) is 5.22. The normalized spacial score (nSPS) is 21.0. The minimum Gasteiger partial charge on any atom is -0.348 e. The second-order valence-electron chi connectivity index (χ2n) is 7.14. The molecule has 2 bridgehead atoms. The standard InChI is InChI=1S/C21H21N3O2S/c25-19(10-9-15-5-2-1-3-6-15)22-21(27)23-12-16-11-17(14-23)18-7-4-8-20(26)24(18)13-16/h1-10,16-17H,11-14H2,(H,22,25,27)/b10-9+/t16-,17+/m0/s1. The monoisotopic (exact) mass is 379 g/mol. The largest absolute Gasteiger partial charge is 0.348 e. The Labute approximate surface area is 163 Å². The van der Waals surface area contributed by atoms with E-state index in [4.69, 9.17) is 12.2 Å². The first kappa shape index (κ1) is 17.7. The predicted molar refractivity (Wildman–Crippen MR) is 109 cm³/mol. The number of likely N-dealkylation sites (tertiary alicyclic amines) is 1. The average molecular weight is 379 g/mol. The van der Waals surface area contributed by atoms with Crippen LogP contribution in [0.1, 0.15) is 23.6 Å². The Bertz CT molecular complexity index is 951. The summed E-state index contributed by atoms with van der Waals surface area (Å²) in [5, 5.41) is 3.27. The van der Waals surface area contributed by atoms with Crippen LogP contribution in [0, 0.1) is 5.92 Å². The van der Waals surface area contributed by atoms with E-state index in [-0.39, 0.29) is 17.4 Å². The van der Waals surface area contributed by atoms with Gasteiger partial charge in [-0.15, -0.1) is 0 Å². The van der Waals surface area contributed by atoms with E-state index in [1.54, 1.807) is 12.1 Å². The van der Waals surface area contributed by atoms with Gasteiger partial charge in [0.2, 0.25) is 5.91 Å². The number of rotatable bonds is 2. The molecule has 1 saturated heterocycles. The maximum absolute atomic E-state index is 12.2. The van der Waals surface area contributed by atoms with E-state index in [1.807, 2.05) is 47.0 Å². The van der Waals surface area contributed by atoms with Crippen molar-refractivity contribution in [3.63, 3.8) is 0 Å². The number of amides is 1. The quantitative estimate of drug-likeness (QED) is 0.643. The van der Waals surface area contributed by atoms with Crippen molar-refractivity contribution in [2.24, 2.45) is 5.92 Å². The molecular weight excluding hydrogens is 358 g/mol. The van der Waals surface area contributed by atoms with Crippen LogP contribution in [0.4, 0.5) is 0 Å². The number of pyridine rings is 1. The number of thiocarbonyl (C=S) groups is 1. The molecule has 1 amide bonds. The molecule has 2 aliphatic heterocycles. The lowest BCUT2D eigenvalue weighted by atomic mass is 9.83. The highest BCUT2D eigenvalue weighted by Crippen LogP contribution is 2.34. The van der Waals surface area contributed by atoms with Crippen LogP contribution in [0.5, 0.6) is 0 Å². The van der Waals surface area contributed by atoms with Crippen molar-refractivity contribution in [1.82, 2.24) is 14.8 Å². The fraction of sp³-hybridized carbons (Fsp3) is 0.286. The summed E-state index contributed by atoms with van der Waals surface area (Å²) in [5.41, 5.74) is 2.10. The van der Waals surface area contributed by atoms with Gasteiger partial charge in [-0.25, -0.2) is 0 Å². The molecule has 5 nitrogen and oxygen atoms in total. The van der Waals surface area contributed by atoms with Gasteiger partial charge in [-0.1, -0.05) is 36.4 Å². The van der Waals surface area contributed by atoms with Crippen LogP contribution in [0.3, 0.4) is 0 Å². The minimum absolute atomic E-state index is 0.0672. The second kappa shape index (κ2) is 7.48. The molecule has 6 heteroatoms. The van der Waals surface area contributed by atoms with E-state index < -0.39 is 0 Å². The number of nitrogens with one attached hydrogen (secondary N) is 1. The van der Waals surface area contributed by atoms with Crippen molar-refractivity contribution >= 4 is 29.3 Å². The number of carbonyl (C=O) groups is 1. The Morgan fingerprint density at radius 2 is 1.89 bits per heavy atom. The van der Waals surface area contributed by atoms with Crippen LogP contribution in [0.2, 0.25) is 0 Å². The van der Waals surface area contributed by atoms with E-state index in [1.165, 1.54) is 6.08 Å². The van der Waals surface area contributed by atoms with Gasteiger partial charge in [0, 0.05) is 43.4 Å². The van der Waals surface area contributed by atoms with Crippen molar-refractivity contribution in [1.29, 1.82) is 0 Å². The number of hydrogen-bond acceptors (Lipinski definition) is 3. The van der Waals surface area contributed by atoms with Crippen molar-refractivity contribution in [2.45, 2.75) is 18.9 Å². The zero-order valence-corrected chi connectivity index (χ0v) is 15.7. The summed E-state index contributed by atoms with van der Waals surface area (Å²) in [5.74, 6) is 0.406. The molecular formula is C21H21N3O2S. The third kappa shape index (κ3) is 3.85. The second-order valence-corrected chi connectivity index (χ2v) is 7.53. The molecule has 2 atom stereocenters. The van der Waals surface area contributed by atoms with E-state index in [0.717, 1.165) is 30.8 Å². The number of carbonyl (C=O) groups excluding carboxylic acids is 1. The molecule has 1 aromatic heterocycles. The molecule has 0 aliphatic carbocycles. The summed E-state index contributed by atoms with van der Waals surface area (Å²) >= 11 is 5.47. The number of benzene rings is 1. The van der Waals surface area contributed by atoms with Crippen molar-refractivity contribution < 1.29 is 4.79 Å². The maximum atomic E-state index is 12.2. The molecule has 0 radical (unpaired) electrons. The van der Waals surface area contributed by atoms with Crippen LogP contribution < -0.4 is 10.9 Å². The Kier molecular flexibility index (Phi) is 4.90. The minimum atomic E-state index is -0.226. The predicted octanol–water partition coefficient (Wildman–Crippen LogP) is 2.38. The summed E-state index contributed by atoms with van der Waals surface area (Å²) in [6.07, 6.45) is 4.33. The molecule has 2 aliphatic rings. The Balaban J connectivity index is 1.41. The summed E-state index contributed by atoms with van der Waals surface area (Å²) in [6.45, 7) is 2.20. The lowest BCUT2D eigenvalue weighted by molar-refractivity contribution is -0.115. The van der Waals surface area contributed by atoms with Gasteiger partial charge in [-0.3, -0.25) is 14.9 Å². The van der Waals surface area contributed by atoms with Gasteiger partial charge in [0.05, 0.1) is 0 Å². The number of nitrogens with zero attached hydrogens (tertiary/aromatic N) is 2. The first-order valence-corrected chi connectivity index (χ1v) is 9.54. The van der Waals surface area contributed by atoms with Crippen LogP contribution in [0.15, 0.2) is 59.4 Å². The summed E-state index contributed by atoms with van der Waals surface area (Å²) in [4.78, 5) is 26.4. The zero-order valence-electron chi connectivity index (χ0n) is 14.9. The van der Waals surface area contributed by atoms with Gasteiger partial charge in [0.25, 0.3) is 5.56 Å². The van der Waals surface area contributed by atoms with Crippen LogP contribution in [-0.4, -0.2) is 33.6 Å². The Morgan fingerprint density at radius 1 is 1.07 bits per heavy atom. The Hall–Kier alpha value is -2.73. The lowest BCUT2D eigenvalue weighted by Crippen LogP contribution is -2.52. The van der Waals surface area contributed by atoms with Crippen LogP contribution >= 0.6 is 12.2 Å².